The van der Waals surface area contributed by atoms with Crippen LogP contribution in [0.4, 0.5) is 0 Å². The molecule has 2 amide bonds. The van der Waals surface area contributed by atoms with Gasteiger partial charge >= 0.3 is 5.97 Å². The van der Waals surface area contributed by atoms with Crippen molar-refractivity contribution in [2.45, 2.75) is 25.8 Å². The average Bonchev–Trinajstić information content (AvgIpc) is 2.45. The molecule has 1 rings (SSSR count). The van der Waals surface area contributed by atoms with E-state index in [1.165, 1.54) is 19.1 Å². The molecule has 0 spiro atoms. The molecule has 1 unspecified atom stereocenters. The van der Waals surface area contributed by atoms with Crippen LogP contribution in [0, 0.1) is 0 Å². The molecule has 0 radical (unpaired) electrons. The van der Waals surface area contributed by atoms with Gasteiger partial charge in [0.1, 0.15) is 0 Å². The fourth-order valence-electron chi connectivity index (χ4n) is 2.05. The van der Waals surface area contributed by atoms with Gasteiger partial charge in [0, 0.05) is 32.4 Å². The zero-order chi connectivity index (χ0) is 16.8. The Bertz CT molecular complexity index is 585. The predicted octanol–water partition coefficient (Wildman–Crippen LogP) is 0.355. The van der Waals surface area contributed by atoms with Crippen LogP contribution < -0.4 is 10.6 Å². The van der Waals surface area contributed by atoms with Crippen LogP contribution in [-0.4, -0.2) is 40.8 Å². The maximum atomic E-state index is 12.6. The summed E-state index contributed by atoms with van der Waals surface area (Å²) < 4.78 is 0. The monoisotopic (exact) mass is 306 g/mol. The predicted molar refractivity (Wildman–Crippen MR) is 78.3 cm³/mol. The SMILES string of the molecule is CC(=O)NCCC(NC(C)=O)(C(=O)O)C(=O)c1ccccc1. The zero-order valence-electron chi connectivity index (χ0n) is 12.4. The highest BCUT2D eigenvalue weighted by Crippen LogP contribution is 2.18. The molecule has 0 saturated heterocycles. The topological polar surface area (TPSA) is 113 Å². The van der Waals surface area contributed by atoms with E-state index < -0.39 is 23.2 Å². The number of nitrogens with one attached hydrogen (secondary N) is 2. The van der Waals surface area contributed by atoms with Gasteiger partial charge in [-0.3, -0.25) is 14.4 Å². The molecule has 1 aromatic carbocycles. The molecule has 0 aliphatic rings. The molecule has 22 heavy (non-hydrogen) atoms. The normalized spacial score (nSPS) is 12.8. The molecule has 0 fully saturated rings. The lowest BCUT2D eigenvalue weighted by Crippen LogP contribution is -2.60. The van der Waals surface area contributed by atoms with Crippen LogP contribution in [0.1, 0.15) is 30.6 Å². The van der Waals surface area contributed by atoms with Crippen molar-refractivity contribution in [2.24, 2.45) is 0 Å². The van der Waals surface area contributed by atoms with Crippen molar-refractivity contribution in [3.05, 3.63) is 35.9 Å². The maximum absolute atomic E-state index is 12.6. The van der Waals surface area contributed by atoms with Gasteiger partial charge < -0.3 is 15.7 Å². The van der Waals surface area contributed by atoms with E-state index in [9.17, 15) is 24.3 Å². The lowest BCUT2D eigenvalue weighted by atomic mass is 9.85. The maximum Gasteiger partial charge on any atom is 0.337 e. The highest BCUT2D eigenvalue weighted by Gasteiger charge is 2.46. The summed E-state index contributed by atoms with van der Waals surface area (Å²) in [6, 6.07) is 7.83. The summed E-state index contributed by atoms with van der Waals surface area (Å²) in [5, 5.41) is 14.2. The summed E-state index contributed by atoms with van der Waals surface area (Å²) in [5.41, 5.74) is -1.95. The Balaban J connectivity index is 3.17. The van der Waals surface area contributed by atoms with Gasteiger partial charge in [-0.2, -0.15) is 0 Å². The number of rotatable bonds is 7. The van der Waals surface area contributed by atoms with Crippen LogP contribution in [-0.2, 0) is 14.4 Å². The molecule has 7 heteroatoms. The fraction of sp³-hybridized carbons (Fsp3) is 0.333. The summed E-state index contributed by atoms with van der Waals surface area (Å²) in [5.74, 6) is -3.20. The number of hydrogen-bond donors (Lipinski definition) is 3. The smallest absolute Gasteiger partial charge is 0.337 e. The van der Waals surface area contributed by atoms with E-state index in [-0.39, 0.29) is 24.4 Å². The Hall–Kier alpha value is -2.70. The zero-order valence-corrected chi connectivity index (χ0v) is 12.4. The average molecular weight is 306 g/mol. The molecule has 0 aliphatic heterocycles. The molecule has 7 nitrogen and oxygen atoms in total. The highest BCUT2D eigenvalue weighted by molar-refractivity contribution is 6.17. The van der Waals surface area contributed by atoms with Gasteiger partial charge in [-0.1, -0.05) is 30.3 Å². The number of Topliss-reactive ketones (excluding diaryl/α,β-unsaturated/α-hetero) is 1. The number of hydrogen-bond acceptors (Lipinski definition) is 4. The second kappa shape index (κ2) is 7.35. The van der Waals surface area contributed by atoms with Crippen molar-refractivity contribution >= 4 is 23.6 Å². The van der Waals surface area contributed by atoms with Crippen molar-refractivity contribution in [2.75, 3.05) is 6.54 Å². The molecule has 0 aromatic heterocycles. The minimum atomic E-state index is -2.12. The first-order chi connectivity index (χ1) is 10.3. The van der Waals surface area contributed by atoms with Crippen molar-refractivity contribution in [3.63, 3.8) is 0 Å². The highest BCUT2D eigenvalue weighted by atomic mass is 16.4. The molecule has 1 aromatic rings. The van der Waals surface area contributed by atoms with Crippen molar-refractivity contribution in [1.29, 1.82) is 0 Å². The third kappa shape index (κ3) is 4.15. The quantitative estimate of drug-likeness (QED) is 0.497. The largest absolute Gasteiger partial charge is 0.479 e. The number of ketones is 1. The fourth-order valence-corrected chi connectivity index (χ4v) is 2.05. The van der Waals surface area contributed by atoms with Crippen LogP contribution in [0.5, 0.6) is 0 Å². The van der Waals surface area contributed by atoms with Crippen molar-refractivity contribution in [1.82, 2.24) is 10.6 Å². The summed E-state index contributed by atoms with van der Waals surface area (Å²) in [7, 11) is 0. The van der Waals surface area contributed by atoms with Gasteiger partial charge in [-0.25, -0.2) is 4.79 Å². The van der Waals surface area contributed by atoms with Crippen LogP contribution >= 0.6 is 0 Å². The van der Waals surface area contributed by atoms with Crippen LogP contribution in [0.2, 0.25) is 0 Å². The Morgan fingerprint density at radius 3 is 2.09 bits per heavy atom. The number of aliphatic carboxylic acids is 1. The van der Waals surface area contributed by atoms with Gasteiger partial charge in [0.2, 0.25) is 17.4 Å². The minimum absolute atomic E-state index is 0.0551. The summed E-state index contributed by atoms with van der Waals surface area (Å²) in [4.78, 5) is 46.6. The van der Waals surface area contributed by atoms with Gasteiger partial charge in [0.15, 0.2) is 5.78 Å². The van der Waals surface area contributed by atoms with Gasteiger partial charge in [0.05, 0.1) is 0 Å². The molecule has 0 heterocycles. The second-order valence-corrected chi connectivity index (χ2v) is 4.82. The van der Waals surface area contributed by atoms with E-state index in [0.29, 0.717) is 0 Å². The molecular formula is C15H18N2O5. The van der Waals surface area contributed by atoms with Crippen molar-refractivity contribution in [3.8, 4) is 0 Å². The number of carboxylic acid groups (broad SMARTS) is 1. The van der Waals surface area contributed by atoms with E-state index in [1.54, 1.807) is 18.2 Å². The number of carbonyl (C=O) groups is 4. The standard InChI is InChI=1S/C15H18N2O5/c1-10(18)16-9-8-15(14(21)22,17-11(2)19)13(20)12-6-4-3-5-7-12/h3-7H,8-9H2,1-2H3,(H,16,18)(H,17,19)(H,21,22). The summed E-state index contributed by atoms with van der Waals surface area (Å²) in [6.07, 6.45) is -0.255. The summed E-state index contributed by atoms with van der Waals surface area (Å²) in [6.45, 7) is 2.36. The van der Waals surface area contributed by atoms with E-state index in [0.717, 1.165) is 6.92 Å². The molecule has 0 bridgehead atoms. The molecule has 1 atom stereocenters. The van der Waals surface area contributed by atoms with Crippen LogP contribution in [0.25, 0.3) is 0 Å². The Kier molecular flexibility index (Phi) is 5.80. The van der Waals surface area contributed by atoms with E-state index >= 15 is 0 Å². The number of amides is 2. The first-order valence-electron chi connectivity index (χ1n) is 6.66. The van der Waals surface area contributed by atoms with Crippen LogP contribution in [0.15, 0.2) is 30.3 Å². The second-order valence-electron chi connectivity index (χ2n) is 4.82. The lowest BCUT2D eigenvalue weighted by molar-refractivity contribution is -0.145. The number of carbonyl (C=O) groups excluding carboxylic acids is 3. The first-order valence-corrected chi connectivity index (χ1v) is 6.66. The minimum Gasteiger partial charge on any atom is -0.479 e. The van der Waals surface area contributed by atoms with E-state index in [2.05, 4.69) is 10.6 Å². The number of benzene rings is 1. The molecular weight excluding hydrogens is 288 g/mol. The van der Waals surface area contributed by atoms with E-state index in [1.807, 2.05) is 0 Å². The third-order valence-electron chi connectivity index (χ3n) is 3.05. The molecule has 0 saturated carbocycles. The third-order valence-corrected chi connectivity index (χ3v) is 3.05. The molecule has 3 N–H and O–H groups in total. The van der Waals surface area contributed by atoms with Gasteiger partial charge in [0.25, 0.3) is 0 Å². The number of carboxylic acids is 1. The lowest BCUT2D eigenvalue weighted by Gasteiger charge is -2.28. The molecule has 118 valence electrons. The molecule has 0 aliphatic carbocycles. The Morgan fingerprint density at radius 2 is 1.64 bits per heavy atom. The van der Waals surface area contributed by atoms with Crippen molar-refractivity contribution < 1.29 is 24.3 Å². The van der Waals surface area contributed by atoms with Gasteiger partial charge in [-0.05, 0) is 0 Å². The Labute approximate surface area is 127 Å². The van der Waals surface area contributed by atoms with Crippen LogP contribution in [0.3, 0.4) is 0 Å². The Morgan fingerprint density at radius 1 is 1.05 bits per heavy atom. The van der Waals surface area contributed by atoms with E-state index in [4.69, 9.17) is 0 Å². The first kappa shape index (κ1) is 17.4. The summed E-state index contributed by atoms with van der Waals surface area (Å²) >= 11 is 0. The van der Waals surface area contributed by atoms with Gasteiger partial charge in [-0.15, -0.1) is 0 Å².